The molecule has 2 aromatic carbocycles. The third kappa shape index (κ3) is 4.61. The van der Waals surface area contributed by atoms with Gasteiger partial charge >= 0.3 is 0 Å². The van der Waals surface area contributed by atoms with E-state index in [9.17, 15) is 4.79 Å². The summed E-state index contributed by atoms with van der Waals surface area (Å²) in [6.07, 6.45) is 1.79. The average molecular weight is 395 g/mol. The number of allylic oxidation sites excluding steroid dienone is 1. The van der Waals surface area contributed by atoms with Crippen molar-refractivity contribution in [2.75, 3.05) is 12.4 Å². The fraction of sp³-hybridized carbons (Fsp3) is 0.190. The summed E-state index contributed by atoms with van der Waals surface area (Å²) in [5, 5.41) is 11.9. The zero-order chi connectivity index (χ0) is 19.9. The van der Waals surface area contributed by atoms with Gasteiger partial charge < -0.3 is 10.1 Å². The summed E-state index contributed by atoms with van der Waals surface area (Å²) < 4.78 is 7.10. The van der Waals surface area contributed by atoms with Crippen LogP contribution in [0.15, 0.2) is 72.4 Å². The molecule has 0 aliphatic carbocycles. The van der Waals surface area contributed by atoms with Crippen molar-refractivity contribution in [1.82, 2.24) is 14.8 Å². The smallest absolute Gasteiger partial charge is 0.237 e. The number of rotatable bonds is 8. The molecule has 3 aromatic rings. The Bertz CT molecular complexity index is 939. The largest absolute Gasteiger partial charge is 0.497 e. The molecule has 0 aliphatic heterocycles. The number of amides is 1. The Morgan fingerprint density at radius 2 is 1.93 bits per heavy atom. The Balaban J connectivity index is 1.73. The molecule has 0 radical (unpaired) electrons. The molecule has 0 saturated carbocycles. The van der Waals surface area contributed by atoms with Gasteiger partial charge in [-0.05, 0) is 31.2 Å². The van der Waals surface area contributed by atoms with Gasteiger partial charge in [0.15, 0.2) is 11.0 Å². The van der Waals surface area contributed by atoms with E-state index in [-0.39, 0.29) is 11.2 Å². The molecule has 0 bridgehead atoms. The lowest BCUT2D eigenvalue weighted by Gasteiger charge is -2.13. The minimum absolute atomic E-state index is 0.107. The molecule has 1 aromatic heterocycles. The van der Waals surface area contributed by atoms with E-state index in [0.29, 0.717) is 11.7 Å². The van der Waals surface area contributed by atoms with Crippen molar-refractivity contribution in [3.63, 3.8) is 0 Å². The van der Waals surface area contributed by atoms with Crippen LogP contribution in [0.25, 0.3) is 11.4 Å². The van der Waals surface area contributed by atoms with Gasteiger partial charge in [-0.1, -0.05) is 48.2 Å². The third-order valence-corrected chi connectivity index (χ3v) is 5.15. The van der Waals surface area contributed by atoms with Crippen LogP contribution in [0.2, 0.25) is 0 Å². The molecule has 6 nitrogen and oxygen atoms in total. The zero-order valence-electron chi connectivity index (χ0n) is 15.8. The number of nitrogens with zero attached hydrogens (tertiary/aromatic N) is 3. The second kappa shape index (κ2) is 9.23. The number of carbonyl (C=O) groups is 1. The Labute approximate surface area is 168 Å². The van der Waals surface area contributed by atoms with Crippen LogP contribution < -0.4 is 10.1 Å². The molecule has 7 heteroatoms. The molecule has 0 fully saturated rings. The molecule has 0 saturated heterocycles. The van der Waals surface area contributed by atoms with Crippen molar-refractivity contribution < 1.29 is 9.53 Å². The van der Waals surface area contributed by atoms with Crippen LogP contribution >= 0.6 is 11.8 Å². The topological polar surface area (TPSA) is 69.0 Å². The quantitative estimate of drug-likeness (QED) is 0.457. The van der Waals surface area contributed by atoms with Gasteiger partial charge in [-0.25, -0.2) is 0 Å². The number of anilines is 1. The number of methoxy groups -OCH3 is 1. The van der Waals surface area contributed by atoms with E-state index < -0.39 is 0 Å². The van der Waals surface area contributed by atoms with Crippen LogP contribution in [0.4, 0.5) is 5.69 Å². The Morgan fingerprint density at radius 3 is 2.57 bits per heavy atom. The maximum Gasteiger partial charge on any atom is 0.237 e. The van der Waals surface area contributed by atoms with Gasteiger partial charge in [0.1, 0.15) is 5.75 Å². The zero-order valence-corrected chi connectivity index (χ0v) is 16.6. The van der Waals surface area contributed by atoms with Crippen molar-refractivity contribution in [3.05, 3.63) is 67.3 Å². The predicted molar refractivity (Wildman–Crippen MR) is 113 cm³/mol. The van der Waals surface area contributed by atoms with Crippen LogP contribution in [0.5, 0.6) is 5.75 Å². The summed E-state index contributed by atoms with van der Waals surface area (Å²) in [7, 11) is 1.61. The number of ether oxygens (including phenoxy) is 1. The van der Waals surface area contributed by atoms with E-state index in [4.69, 9.17) is 4.74 Å². The minimum atomic E-state index is -0.349. The monoisotopic (exact) mass is 394 g/mol. The number of thioether (sulfide) groups is 1. The van der Waals surface area contributed by atoms with Crippen LogP contribution in [0, 0.1) is 0 Å². The molecule has 1 amide bonds. The number of hydrogen-bond acceptors (Lipinski definition) is 5. The first kappa shape index (κ1) is 19.7. The van der Waals surface area contributed by atoms with Crippen molar-refractivity contribution >= 4 is 23.4 Å². The van der Waals surface area contributed by atoms with Gasteiger partial charge in [0.25, 0.3) is 0 Å². The lowest BCUT2D eigenvalue weighted by Crippen LogP contribution is -2.23. The highest BCUT2D eigenvalue weighted by atomic mass is 32.2. The van der Waals surface area contributed by atoms with Crippen LogP contribution in [0.3, 0.4) is 0 Å². The fourth-order valence-corrected chi connectivity index (χ4v) is 3.46. The summed E-state index contributed by atoms with van der Waals surface area (Å²) in [6.45, 7) is 6.23. The molecule has 3 rings (SSSR count). The normalized spacial score (nSPS) is 11.6. The van der Waals surface area contributed by atoms with Gasteiger partial charge in [0, 0.05) is 17.8 Å². The maximum atomic E-state index is 12.6. The van der Waals surface area contributed by atoms with Gasteiger partial charge in [-0.3, -0.25) is 9.36 Å². The molecule has 144 valence electrons. The number of hydrogen-bond donors (Lipinski definition) is 1. The van der Waals surface area contributed by atoms with E-state index in [0.717, 1.165) is 22.8 Å². The SMILES string of the molecule is C=CCn1c(S[C@H](C)C(=O)Nc2ccc(OC)cc2)nnc1-c1ccccc1. The van der Waals surface area contributed by atoms with E-state index in [2.05, 4.69) is 22.1 Å². The highest BCUT2D eigenvalue weighted by molar-refractivity contribution is 8.00. The van der Waals surface area contributed by atoms with Crippen LogP contribution in [-0.2, 0) is 11.3 Å². The highest BCUT2D eigenvalue weighted by Gasteiger charge is 2.20. The number of benzene rings is 2. The fourth-order valence-electron chi connectivity index (χ4n) is 2.60. The van der Waals surface area contributed by atoms with Gasteiger partial charge in [-0.2, -0.15) is 0 Å². The van der Waals surface area contributed by atoms with Gasteiger partial charge in [0.2, 0.25) is 5.91 Å². The standard InChI is InChI=1S/C21H22N4O2S/c1-4-14-25-19(16-8-6-5-7-9-16)23-24-21(25)28-15(2)20(26)22-17-10-12-18(27-3)13-11-17/h4-13,15H,1,14H2,2-3H3,(H,22,26)/t15-/m1/s1. The predicted octanol–water partition coefficient (Wildman–Crippen LogP) is 4.26. The van der Waals surface area contributed by atoms with Gasteiger partial charge in [-0.15, -0.1) is 16.8 Å². The summed E-state index contributed by atoms with van der Waals surface area (Å²) in [6, 6.07) is 17.1. The summed E-state index contributed by atoms with van der Waals surface area (Å²) in [5.74, 6) is 1.39. The van der Waals surface area contributed by atoms with Crippen LogP contribution in [-0.4, -0.2) is 33.0 Å². The molecule has 0 aliphatic rings. The van der Waals surface area contributed by atoms with Crippen molar-refractivity contribution in [2.24, 2.45) is 0 Å². The summed E-state index contributed by atoms with van der Waals surface area (Å²) in [5.41, 5.74) is 1.69. The molecule has 0 spiro atoms. The first-order chi connectivity index (χ1) is 13.6. The van der Waals surface area contributed by atoms with Crippen molar-refractivity contribution in [1.29, 1.82) is 0 Å². The Hall–Kier alpha value is -3.06. The highest BCUT2D eigenvalue weighted by Crippen LogP contribution is 2.27. The molecule has 1 N–H and O–H groups in total. The maximum absolute atomic E-state index is 12.6. The lowest BCUT2D eigenvalue weighted by atomic mass is 10.2. The minimum Gasteiger partial charge on any atom is -0.497 e. The van der Waals surface area contributed by atoms with Crippen molar-refractivity contribution in [2.45, 2.75) is 23.9 Å². The second-order valence-electron chi connectivity index (χ2n) is 6.05. The molecular formula is C21H22N4O2S. The van der Waals surface area contributed by atoms with E-state index in [1.165, 1.54) is 11.8 Å². The molecule has 1 heterocycles. The average Bonchev–Trinajstić information content (AvgIpc) is 3.11. The van der Waals surface area contributed by atoms with Crippen LogP contribution in [0.1, 0.15) is 6.92 Å². The summed E-state index contributed by atoms with van der Waals surface area (Å²) >= 11 is 1.37. The Kier molecular flexibility index (Phi) is 6.49. The molecule has 28 heavy (non-hydrogen) atoms. The lowest BCUT2D eigenvalue weighted by molar-refractivity contribution is -0.115. The molecular weight excluding hydrogens is 372 g/mol. The number of carbonyl (C=O) groups excluding carboxylic acids is 1. The summed E-state index contributed by atoms with van der Waals surface area (Å²) in [4.78, 5) is 12.6. The third-order valence-electron chi connectivity index (χ3n) is 4.07. The Morgan fingerprint density at radius 1 is 1.21 bits per heavy atom. The van der Waals surface area contributed by atoms with Crippen molar-refractivity contribution in [3.8, 4) is 17.1 Å². The van der Waals surface area contributed by atoms with E-state index >= 15 is 0 Å². The number of nitrogens with one attached hydrogen (secondary N) is 1. The first-order valence-electron chi connectivity index (χ1n) is 8.83. The van der Waals surface area contributed by atoms with E-state index in [1.54, 1.807) is 25.3 Å². The second-order valence-corrected chi connectivity index (χ2v) is 7.36. The van der Waals surface area contributed by atoms with E-state index in [1.807, 2.05) is 54.0 Å². The van der Waals surface area contributed by atoms with Gasteiger partial charge in [0.05, 0.1) is 12.4 Å². The number of aromatic nitrogens is 3. The first-order valence-corrected chi connectivity index (χ1v) is 9.71. The molecule has 1 atom stereocenters. The molecule has 0 unspecified atom stereocenters.